The fourth-order valence-electron chi connectivity index (χ4n) is 3.50. The van der Waals surface area contributed by atoms with Gasteiger partial charge in [-0.05, 0) is 25.7 Å². The fourth-order valence-corrected chi connectivity index (χ4v) is 3.50. The van der Waals surface area contributed by atoms with Crippen LogP contribution in [0.1, 0.15) is 32.1 Å². The minimum atomic E-state index is -0.680. The summed E-state index contributed by atoms with van der Waals surface area (Å²) in [5, 5.41) is 0. The van der Waals surface area contributed by atoms with Gasteiger partial charge in [0.1, 0.15) is 0 Å². The van der Waals surface area contributed by atoms with Crippen molar-refractivity contribution in [3.8, 4) is 0 Å². The van der Waals surface area contributed by atoms with Gasteiger partial charge in [-0.15, -0.1) is 0 Å². The number of hydrogen-bond donors (Lipinski definition) is 1. The number of rotatable bonds is 2. The zero-order chi connectivity index (χ0) is 13.3. The van der Waals surface area contributed by atoms with Gasteiger partial charge in [0, 0.05) is 38.8 Å². The molecule has 3 heterocycles. The summed E-state index contributed by atoms with van der Waals surface area (Å²) < 4.78 is 16.7. The average molecular weight is 269 g/mol. The van der Waals surface area contributed by atoms with Crippen molar-refractivity contribution in [2.75, 3.05) is 33.0 Å². The summed E-state index contributed by atoms with van der Waals surface area (Å²) in [5.41, 5.74) is 5.42. The first-order chi connectivity index (χ1) is 9.14. The highest BCUT2D eigenvalue weighted by Gasteiger charge is 2.47. The van der Waals surface area contributed by atoms with E-state index < -0.39 is 5.54 Å². The van der Waals surface area contributed by atoms with Crippen LogP contribution in [0.25, 0.3) is 0 Å². The molecular formula is C14H23NO4. The van der Waals surface area contributed by atoms with Crippen LogP contribution in [0, 0.1) is 5.92 Å². The van der Waals surface area contributed by atoms with Crippen molar-refractivity contribution < 1.29 is 19.0 Å². The van der Waals surface area contributed by atoms with E-state index in [1.807, 2.05) is 0 Å². The van der Waals surface area contributed by atoms with Gasteiger partial charge in [0.05, 0.1) is 17.7 Å². The lowest BCUT2D eigenvalue weighted by molar-refractivity contribution is -0.144. The van der Waals surface area contributed by atoms with Gasteiger partial charge >= 0.3 is 0 Å². The van der Waals surface area contributed by atoms with Crippen molar-refractivity contribution in [2.45, 2.75) is 43.2 Å². The van der Waals surface area contributed by atoms with E-state index >= 15 is 0 Å². The highest BCUT2D eigenvalue weighted by Crippen LogP contribution is 2.38. The molecule has 2 atom stereocenters. The van der Waals surface area contributed by atoms with Gasteiger partial charge in [0.2, 0.25) is 0 Å². The van der Waals surface area contributed by atoms with Gasteiger partial charge in [-0.25, -0.2) is 0 Å². The molecule has 5 nitrogen and oxygen atoms in total. The lowest BCUT2D eigenvalue weighted by Gasteiger charge is -2.41. The SMILES string of the molecule is NC1(C(=O)C2CCOC3(CCOC3)C2)CCOCC1. The smallest absolute Gasteiger partial charge is 0.156 e. The van der Waals surface area contributed by atoms with Gasteiger partial charge in [-0.1, -0.05) is 0 Å². The maximum absolute atomic E-state index is 12.7. The van der Waals surface area contributed by atoms with Crippen molar-refractivity contribution in [3.63, 3.8) is 0 Å². The summed E-state index contributed by atoms with van der Waals surface area (Å²) in [6.45, 7) is 3.20. The van der Waals surface area contributed by atoms with E-state index in [4.69, 9.17) is 19.9 Å². The second-order valence-corrected chi connectivity index (χ2v) is 6.16. The maximum atomic E-state index is 12.7. The fraction of sp³-hybridized carbons (Fsp3) is 0.929. The van der Waals surface area contributed by atoms with E-state index in [1.54, 1.807) is 0 Å². The molecule has 2 N–H and O–H groups in total. The lowest BCUT2D eigenvalue weighted by Crippen LogP contribution is -2.56. The number of carbonyl (C=O) groups is 1. The maximum Gasteiger partial charge on any atom is 0.156 e. The molecule has 0 amide bonds. The quantitative estimate of drug-likeness (QED) is 0.797. The second-order valence-electron chi connectivity index (χ2n) is 6.16. The molecule has 0 aromatic heterocycles. The topological polar surface area (TPSA) is 70.8 Å². The van der Waals surface area contributed by atoms with Crippen molar-refractivity contribution in [1.82, 2.24) is 0 Å². The van der Waals surface area contributed by atoms with Crippen molar-refractivity contribution >= 4 is 5.78 Å². The highest BCUT2D eigenvalue weighted by atomic mass is 16.6. The predicted octanol–water partition coefficient (Wildman–Crippen LogP) is 0.649. The zero-order valence-corrected chi connectivity index (χ0v) is 11.4. The summed E-state index contributed by atoms with van der Waals surface area (Å²) in [6.07, 6.45) is 3.75. The molecule has 0 radical (unpaired) electrons. The molecule has 3 saturated heterocycles. The first-order valence-electron chi connectivity index (χ1n) is 7.26. The number of Topliss-reactive ketones (excluding diaryl/α,β-unsaturated/α-hetero) is 1. The number of ketones is 1. The molecule has 1 spiro atoms. The van der Waals surface area contributed by atoms with Crippen LogP contribution >= 0.6 is 0 Å². The van der Waals surface area contributed by atoms with Crippen molar-refractivity contribution in [3.05, 3.63) is 0 Å². The summed E-state index contributed by atoms with van der Waals surface area (Å²) in [4.78, 5) is 12.7. The molecule has 0 aromatic rings. The minimum absolute atomic E-state index is 0.0264. The van der Waals surface area contributed by atoms with Crippen LogP contribution in [-0.2, 0) is 19.0 Å². The van der Waals surface area contributed by atoms with Gasteiger partial charge < -0.3 is 19.9 Å². The van der Waals surface area contributed by atoms with E-state index in [0.29, 0.717) is 39.3 Å². The van der Waals surface area contributed by atoms with Crippen LogP contribution < -0.4 is 5.73 Å². The van der Waals surface area contributed by atoms with Crippen LogP contribution in [-0.4, -0.2) is 50.0 Å². The molecule has 5 heteroatoms. The Morgan fingerprint density at radius 3 is 2.47 bits per heavy atom. The van der Waals surface area contributed by atoms with E-state index in [2.05, 4.69) is 0 Å². The van der Waals surface area contributed by atoms with E-state index in [0.717, 1.165) is 25.9 Å². The van der Waals surface area contributed by atoms with Gasteiger partial charge in [0.25, 0.3) is 0 Å². The Balaban J connectivity index is 1.69. The van der Waals surface area contributed by atoms with E-state index in [9.17, 15) is 4.79 Å². The number of carbonyl (C=O) groups excluding carboxylic acids is 1. The summed E-state index contributed by atoms with van der Waals surface area (Å²) >= 11 is 0. The molecular weight excluding hydrogens is 246 g/mol. The molecule has 3 aliphatic heterocycles. The van der Waals surface area contributed by atoms with Crippen LogP contribution in [0.15, 0.2) is 0 Å². The molecule has 0 bridgehead atoms. The van der Waals surface area contributed by atoms with Crippen LogP contribution in [0.3, 0.4) is 0 Å². The van der Waals surface area contributed by atoms with E-state index in [1.165, 1.54) is 0 Å². The summed E-state index contributed by atoms with van der Waals surface area (Å²) in [5.74, 6) is 0.240. The van der Waals surface area contributed by atoms with Crippen LogP contribution in [0.5, 0.6) is 0 Å². The molecule has 0 aliphatic carbocycles. The predicted molar refractivity (Wildman–Crippen MR) is 68.8 cm³/mol. The first-order valence-corrected chi connectivity index (χ1v) is 7.26. The molecule has 3 fully saturated rings. The van der Waals surface area contributed by atoms with Gasteiger partial charge in [-0.3, -0.25) is 4.79 Å². The standard InChI is InChI=1S/C14H23NO4/c15-14(3-7-17-8-4-14)12(16)11-1-5-19-13(9-11)2-6-18-10-13/h11H,1-10,15H2. The van der Waals surface area contributed by atoms with Gasteiger partial charge in [0.15, 0.2) is 5.78 Å². The van der Waals surface area contributed by atoms with Gasteiger partial charge in [-0.2, -0.15) is 0 Å². The van der Waals surface area contributed by atoms with Crippen molar-refractivity contribution in [1.29, 1.82) is 0 Å². The minimum Gasteiger partial charge on any atom is -0.381 e. The van der Waals surface area contributed by atoms with Crippen LogP contribution in [0.4, 0.5) is 0 Å². The average Bonchev–Trinajstić information content (AvgIpc) is 2.87. The number of ether oxygens (including phenoxy) is 3. The summed E-state index contributed by atoms with van der Waals surface area (Å²) in [6, 6.07) is 0. The first kappa shape index (κ1) is 13.5. The summed E-state index contributed by atoms with van der Waals surface area (Å²) in [7, 11) is 0. The molecule has 0 aromatic carbocycles. The molecule has 3 rings (SSSR count). The second kappa shape index (κ2) is 5.13. The molecule has 19 heavy (non-hydrogen) atoms. The number of nitrogens with two attached hydrogens (primary N) is 1. The largest absolute Gasteiger partial charge is 0.381 e. The Morgan fingerprint density at radius 1 is 1.05 bits per heavy atom. The molecule has 0 saturated carbocycles. The Kier molecular flexibility index (Phi) is 3.64. The molecule has 108 valence electrons. The Labute approximate surface area is 113 Å². The molecule has 3 aliphatic rings. The normalized spacial score (nSPS) is 38.5. The van der Waals surface area contributed by atoms with Crippen LogP contribution in [0.2, 0.25) is 0 Å². The molecule has 2 unspecified atom stereocenters. The third-order valence-corrected chi connectivity index (χ3v) is 4.81. The van der Waals surface area contributed by atoms with Crippen molar-refractivity contribution in [2.24, 2.45) is 11.7 Å². The number of hydrogen-bond acceptors (Lipinski definition) is 5. The van der Waals surface area contributed by atoms with E-state index in [-0.39, 0.29) is 17.3 Å². The highest BCUT2D eigenvalue weighted by molar-refractivity contribution is 5.90. The third-order valence-electron chi connectivity index (χ3n) is 4.81. The third kappa shape index (κ3) is 2.57. The Hall–Kier alpha value is -0.490. The Bertz CT molecular complexity index is 345. The monoisotopic (exact) mass is 269 g/mol. The zero-order valence-electron chi connectivity index (χ0n) is 11.4. The Morgan fingerprint density at radius 2 is 1.79 bits per heavy atom. The lowest BCUT2D eigenvalue weighted by atomic mass is 9.74.